The first kappa shape index (κ1) is 13.6. The molecule has 0 spiro atoms. The van der Waals surface area contributed by atoms with E-state index in [1.54, 1.807) is 12.1 Å². The van der Waals surface area contributed by atoms with Crippen LogP contribution >= 0.6 is 0 Å². The molecule has 19 heavy (non-hydrogen) atoms. The predicted molar refractivity (Wildman–Crippen MR) is 73.2 cm³/mol. The van der Waals surface area contributed by atoms with E-state index in [1.165, 1.54) is 12.1 Å². The van der Waals surface area contributed by atoms with Gasteiger partial charge in [-0.05, 0) is 36.1 Å². The second-order valence-electron chi connectivity index (χ2n) is 4.68. The fourth-order valence-corrected chi connectivity index (χ4v) is 1.81. The highest BCUT2D eigenvalue weighted by molar-refractivity contribution is 5.20. The fourth-order valence-electron chi connectivity index (χ4n) is 1.81. The van der Waals surface area contributed by atoms with E-state index in [4.69, 9.17) is 5.73 Å². The normalized spacial score (nSPS) is 12.4. The maximum atomic E-state index is 12.8. The number of nitrogens with two attached hydrogens (primary N) is 1. The Kier molecular flexibility index (Phi) is 4.58. The summed E-state index contributed by atoms with van der Waals surface area (Å²) < 4.78 is 12.8. The zero-order valence-electron chi connectivity index (χ0n) is 11.0. The van der Waals surface area contributed by atoms with Gasteiger partial charge in [0.15, 0.2) is 0 Å². The molecule has 0 aliphatic heterocycles. The van der Waals surface area contributed by atoms with Gasteiger partial charge in [0.25, 0.3) is 0 Å². The minimum atomic E-state index is -0.228. The summed E-state index contributed by atoms with van der Waals surface area (Å²) in [6, 6.07) is 6.55. The van der Waals surface area contributed by atoms with Gasteiger partial charge in [-0.2, -0.15) is 0 Å². The molecule has 2 rings (SSSR count). The van der Waals surface area contributed by atoms with Crippen molar-refractivity contribution in [3.63, 3.8) is 0 Å². The molecular formula is C15H18FN3. The van der Waals surface area contributed by atoms with E-state index in [-0.39, 0.29) is 11.9 Å². The van der Waals surface area contributed by atoms with Crippen molar-refractivity contribution in [1.29, 1.82) is 0 Å². The zero-order valence-corrected chi connectivity index (χ0v) is 11.0. The van der Waals surface area contributed by atoms with Crippen LogP contribution in [0.5, 0.6) is 0 Å². The number of halogens is 1. The van der Waals surface area contributed by atoms with Crippen molar-refractivity contribution in [2.75, 3.05) is 0 Å². The van der Waals surface area contributed by atoms with E-state index in [0.29, 0.717) is 6.42 Å². The van der Waals surface area contributed by atoms with Gasteiger partial charge in [0.1, 0.15) is 11.6 Å². The van der Waals surface area contributed by atoms with E-state index in [0.717, 1.165) is 29.8 Å². The van der Waals surface area contributed by atoms with Gasteiger partial charge in [0.2, 0.25) is 0 Å². The molecule has 0 bridgehead atoms. The molecule has 0 saturated heterocycles. The third-order valence-corrected chi connectivity index (χ3v) is 3.06. The van der Waals surface area contributed by atoms with E-state index < -0.39 is 0 Å². The molecule has 0 radical (unpaired) electrons. The molecule has 4 heteroatoms. The lowest BCUT2D eigenvalue weighted by molar-refractivity contribution is 0.627. The molecule has 2 N–H and O–H groups in total. The first-order chi connectivity index (χ1) is 9.17. The van der Waals surface area contributed by atoms with Crippen LogP contribution in [0.25, 0.3) is 0 Å². The molecule has 0 amide bonds. The molecule has 1 heterocycles. The van der Waals surface area contributed by atoms with E-state index >= 15 is 0 Å². The Morgan fingerprint density at radius 2 is 1.74 bits per heavy atom. The summed E-state index contributed by atoms with van der Waals surface area (Å²) in [4.78, 5) is 8.65. The van der Waals surface area contributed by atoms with Gasteiger partial charge in [0, 0.05) is 24.9 Å². The summed E-state index contributed by atoms with van der Waals surface area (Å²) >= 11 is 0. The number of benzene rings is 1. The molecular weight excluding hydrogens is 241 g/mol. The lowest BCUT2D eigenvalue weighted by Crippen LogP contribution is -2.21. The van der Waals surface area contributed by atoms with Crippen molar-refractivity contribution in [3.8, 4) is 0 Å². The van der Waals surface area contributed by atoms with Crippen molar-refractivity contribution >= 4 is 0 Å². The van der Waals surface area contributed by atoms with E-state index in [1.807, 2.05) is 12.4 Å². The van der Waals surface area contributed by atoms with Gasteiger partial charge in [-0.3, -0.25) is 0 Å². The molecule has 0 aliphatic carbocycles. The maximum absolute atomic E-state index is 12.8. The molecule has 2 aromatic rings. The molecule has 0 saturated carbocycles. The molecule has 3 nitrogen and oxygen atoms in total. The lowest BCUT2D eigenvalue weighted by atomic mass is 10.1. The molecule has 0 aliphatic rings. The smallest absolute Gasteiger partial charge is 0.132 e. The Bertz CT molecular complexity index is 508. The summed E-state index contributed by atoms with van der Waals surface area (Å²) in [5.74, 6) is 0.508. The lowest BCUT2D eigenvalue weighted by Gasteiger charge is -2.08. The van der Waals surface area contributed by atoms with Crippen LogP contribution in [-0.4, -0.2) is 16.0 Å². The third-order valence-electron chi connectivity index (χ3n) is 3.06. The molecule has 1 aromatic heterocycles. The topological polar surface area (TPSA) is 51.8 Å². The third kappa shape index (κ3) is 4.10. The number of rotatable bonds is 5. The van der Waals surface area contributed by atoms with Crippen molar-refractivity contribution < 1.29 is 4.39 Å². The Labute approximate surface area is 112 Å². The Hall–Kier alpha value is -1.81. The van der Waals surface area contributed by atoms with Gasteiger partial charge >= 0.3 is 0 Å². The largest absolute Gasteiger partial charge is 0.327 e. The summed E-state index contributed by atoms with van der Waals surface area (Å²) in [5, 5.41) is 0. The molecule has 100 valence electrons. The number of hydrogen-bond donors (Lipinski definition) is 1. The van der Waals surface area contributed by atoms with Crippen molar-refractivity contribution in [2.24, 2.45) is 5.73 Å². The summed E-state index contributed by atoms with van der Waals surface area (Å²) in [6.45, 7) is 2.06. The van der Waals surface area contributed by atoms with E-state index in [2.05, 4.69) is 16.9 Å². The Morgan fingerprint density at radius 3 is 2.32 bits per heavy atom. The predicted octanol–water partition coefficient (Wildman–Crippen LogP) is 2.49. The minimum absolute atomic E-state index is 0.159. The van der Waals surface area contributed by atoms with Crippen LogP contribution in [0.2, 0.25) is 0 Å². The SMILES string of the molecule is CCC(N)Cc1cnc(Cc2ccc(F)cc2)nc1. The van der Waals surface area contributed by atoms with E-state index in [9.17, 15) is 4.39 Å². The highest BCUT2D eigenvalue weighted by atomic mass is 19.1. The number of hydrogen-bond acceptors (Lipinski definition) is 3. The molecule has 1 unspecified atom stereocenters. The monoisotopic (exact) mass is 259 g/mol. The molecule has 1 aromatic carbocycles. The second-order valence-corrected chi connectivity index (χ2v) is 4.68. The first-order valence-electron chi connectivity index (χ1n) is 6.47. The molecule has 0 fully saturated rings. The van der Waals surface area contributed by atoms with Crippen LogP contribution in [0.4, 0.5) is 4.39 Å². The maximum Gasteiger partial charge on any atom is 0.132 e. The highest BCUT2D eigenvalue weighted by Gasteiger charge is 2.04. The van der Waals surface area contributed by atoms with Crippen LogP contribution in [0.15, 0.2) is 36.7 Å². The summed E-state index contributed by atoms with van der Waals surface area (Å²) in [6.07, 6.45) is 5.99. The van der Waals surface area contributed by atoms with Crippen molar-refractivity contribution in [2.45, 2.75) is 32.2 Å². The average molecular weight is 259 g/mol. The van der Waals surface area contributed by atoms with Gasteiger partial charge in [-0.25, -0.2) is 14.4 Å². The minimum Gasteiger partial charge on any atom is -0.327 e. The van der Waals surface area contributed by atoms with Crippen LogP contribution < -0.4 is 5.73 Å². The quantitative estimate of drug-likeness (QED) is 0.897. The van der Waals surface area contributed by atoms with Gasteiger partial charge in [-0.15, -0.1) is 0 Å². The van der Waals surface area contributed by atoms with Gasteiger partial charge in [0.05, 0.1) is 0 Å². The Morgan fingerprint density at radius 1 is 1.11 bits per heavy atom. The van der Waals surface area contributed by atoms with Gasteiger partial charge in [-0.1, -0.05) is 19.1 Å². The summed E-state index contributed by atoms with van der Waals surface area (Å²) in [7, 11) is 0. The van der Waals surface area contributed by atoms with Crippen molar-refractivity contribution in [1.82, 2.24) is 9.97 Å². The van der Waals surface area contributed by atoms with Crippen LogP contribution in [0, 0.1) is 5.82 Å². The second kappa shape index (κ2) is 6.38. The van der Waals surface area contributed by atoms with Crippen molar-refractivity contribution in [3.05, 3.63) is 59.4 Å². The van der Waals surface area contributed by atoms with Crippen LogP contribution in [0.1, 0.15) is 30.3 Å². The zero-order chi connectivity index (χ0) is 13.7. The van der Waals surface area contributed by atoms with Crippen LogP contribution in [-0.2, 0) is 12.8 Å². The summed E-state index contributed by atoms with van der Waals surface area (Å²) in [5.41, 5.74) is 7.94. The average Bonchev–Trinajstić information content (AvgIpc) is 2.43. The van der Waals surface area contributed by atoms with Crippen LogP contribution in [0.3, 0.4) is 0 Å². The number of aromatic nitrogens is 2. The fraction of sp³-hybridized carbons (Fsp3) is 0.333. The Balaban J connectivity index is 2.00. The standard InChI is InChI=1S/C15H18FN3/c1-2-14(17)7-12-9-18-15(19-10-12)8-11-3-5-13(16)6-4-11/h3-6,9-10,14H,2,7-8,17H2,1H3. The molecule has 1 atom stereocenters. The first-order valence-corrected chi connectivity index (χ1v) is 6.47. The highest BCUT2D eigenvalue weighted by Crippen LogP contribution is 2.08. The number of nitrogens with zero attached hydrogens (tertiary/aromatic N) is 2. The van der Waals surface area contributed by atoms with Gasteiger partial charge < -0.3 is 5.73 Å².